The Labute approximate surface area is 55.6 Å². The summed E-state index contributed by atoms with van der Waals surface area (Å²) in [5.74, 6) is 0. The SMILES string of the molecule is C1C[C@@H](OC2CC2)CN1. The summed E-state index contributed by atoms with van der Waals surface area (Å²) in [5, 5.41) is 3.28. The van der Waals surface area contributed by atoms with Gasteiger partial charge in [-0.15, -0.1) is 0 Å². The third-order valence-corrected chi connectivity index (χ3v) is 1.92. The minimum Gasteiger partial charge on any atom is -0.374 e. The lowest BCUT2D eigenvalue weighted by molar-refractivity contribution is 0.0536. The highest BCUT2D eigenvalue weighted by atomic mass is 16.5. The van der Waals surface area contributed by atoms with E-state index in [-0.39, 0.29) is 0 Å². The Bertz CT molecular complexity index is 95.1. The normalized spacial score (nSPS) is 35.3. The first-order valence-electron chi connectivity index (χ1n) is 3.81. The summed E-state index contributed by atoms with van der Waals surface area (Å²) in [6, 6.07) is 0. The van der Waals surface area contributed by atoms with Gasteiger partial charge in [-0.3, -0.25) is 0 Å². The van der Waals surface area contributed by atoms with Gasteiger partial charge in [-0.1, -0.05) is 0 Å². The van der Waals surface area contributed by atoms with Crippen LogP contribution in [0.3, 0.4) is 0 Å². The molecular weight excluding hydrogens is 114 g/mol. The molecule has 1 N–H and O–H groups in total. The van der Waals surface area contributed by atoms with Crippen molar-refractivity contribution in [2.24, 2.45) is 0 Å². The van der Waals surface area contributed by atoms with Crippen LogP contribution in [0.15, 0.2) is 0 Å². The second-order valence-corrected chi connectivity index (χ2v) is 2.95. The van der Waals surface area contributed by atoms with Gasteiger partial charge in [0.25, 0.3) is 0 Å². The molecule has 52 valence electrons. The van der Waals surface area contributed by atoms with Gasteiger partial charge in [-0.05, 0) is 25.8 Å². The lowest BCUT2D eigenvalue weighted by Crippen LogP contribution is -2.17. The number of hydrogen-bond acceptors (Lipinski definition) is 2. The predicted octanol–water partition coefficient (Wildman–Crippen LogP) is 0.527. The van der Waals surface area contributed by atoms with Gasteiger partial charge in [0.2, 0.25) is 0 Å². The molecule has 0 bridgehead atoms. The minimum absolute atomic E-state index is 0.539. The van der Waals surface area contributed by atoms with Gasteiger partial charge in [0.15, 0.2) is 0 Å². The highest BCUT2D eigenvalue weighted by Gasteiger charge is 2.27. The Hall–Kier alpha value is -0.0800. The molecule has 1 aliphatic heterocycles. The zero-order chi connectivity index (χ0) is 6.10. The van der Waals surface area contributed by atoms with Crippen molar-refractivity contribution in [1.82, 2.24) is 5.32 Å². The van der Waals surface area contributed by atoms with Gasteiger partial charge in [0.1, 0.15) is 0 Å². The highest BCUT2D eigenvalue weighted by molar-refractivity contribution is 4.79. The number of hydrogen-bond donors (Lipinski definition) is 1. The lowest BCUT2D eigenvalue weighted by Gasteiger charge is -2.07. The Kier molecular flexibility index (Phi) is 1.44. The zero-order valence-electron chi connectivity index (χ0n) is 5.60. The van der Waals surface area contributed by atoms with Crippen molar-refractivity contribution in [3.05, 3.63) is 0 Å². The van der Waals surface area contributed by atoms with Gasteiger partial charge in [0, 0.05) is 6.54 Å². The quantitative estimate of drug-likeness (QED) is 0.584. The molecule has 0 unspecified atom stereocenters. The van der Waals surface area contributed by atoms with E-state index in [1.54, 1.807) is 0 Å². The smallest absolute Gasteiger partial charge is 0.0715 e. The van der Waals surface area contributed by atoms with Crippen LogP contribution >= 0.6 is 0 Å². The van der Waals surface area contributed by atoms with Crippen molar-refractivity contribution < 1.29 is 4.74 Å². The van der Waals surface area contributed by atoms with Crippen LogP contribution in [0, 0.1) is 0 Å². The van der Waals surface area contributed by atoms with Gasteiger partial charge < -0.3 is 10.1 Å². The fourth-order valence-electron chi connectivity index (χ4n) is 1.22. The van der Waals surface area contributed by atoms with E-state index in [0.29, 0.717) is 12.2 Å². The molecule has 2 rings (SSSR count). The van der Waals surface area contributed by atoms with Crippen LogP contribution in [-0.4, -0.2) is 25.3 Å². The molecule has 0 amide bonds. The standard InChI is InChI=1S/C7H13NO/c1-2-6(1)9-7-3-4-8-5-7/h6-8H,1-5H2/t7-/m1/s1. The molecule has 0 aromatic rings. The summed E-state index contributed by atoms with van der Waals surface area (Å²) in [4.78, 5) is 0. The maximum atomic E-state index is 5.66. The maximum absolute atomic E-state index is 5.66. The molecule has 2 nitrogen and oxygen atoms in total. The van der Waals surface area contributed by atoms with Crippen LogP contribution < -0.4 is 5.32 Å². The summed E-state index contributed by atoms with van der Waals surface area (Å²) in [5.41, 5.74) is 0. The Balaban J connectivity index is 1.70. The van der Waals surface area contributed by atoms with E-state index in [0.717, 1.165) is 13.1 Å². The van der Waals surface area contributed by atoms with Crippen molar-refractivity contribution in [3.63, 3.8) is 0 Å². The summed E-state index contributed by atoms with van der Waals surface area (Å²) >= 11 is 0. The Morgan fingerprint density at radius 2 is 2.00 bits per heavy atom. The predicted molar refractivity (Wildman–Crippen MR) is 35.4 cm³/mol. The molecule has 9 heavy (non-hydrogen) atoms. The van der Waals surface area contributed by atoms with Gasteiger partial charge in [0.05, 0.1) is 12.2 Å². The largest absolute Gasteiger partial charge is 0.374 e. The molecule has 0 aromatic heterocycles. The average molecular weight is 127 g/mol. The van der Waals surface area contributed by atoms with Crippen LogP contribution in [0.5, 0.6) is 0 Å². The van der Waals surface area contributed by atoms with E-state index in [9.17, 15) is 0 Å². The molecule has 2 fully saturated rings. The molecular formula is C7H13NO. The highest BCUT2D eigenvalue weighted by Crippen LogP contribution is 2.26. The number of ether oxygens (including phenoxy) is 1. The molecule has 1 aliphatic carbocycles. The third kappa shape index (κ3) is 1.43. The lowest BCUT2D eigenvalue weighted by atomic mass is 10.3. The maximum Gasteiger partial charge on any atom is 0.0715 e. The first-order chi connectivity index (χ1) is 4.45. The molecule has 0 radical (unpaired) electrons. The average Bonchev–Trinajstić information content (AvgIpc) is 2.46. The molecule has 2 heteroatoms. The minimum atomic E-state index is 0.539. The van der Waals surface area contributed by atoms with E-state index >= 15 is 0 Å². The van der Waals surface area contributed by atoms with Crippen molar-refractivity contribution >= 4 is 0 Å². The monoisotopic (exact) mass is 127 g/mol. The fourth-order valence-corrected chi connectivity index (χ4v) is 1.22. The second kappa shape index (κ2) is 2.27. The van der Waals surface area contributed by atoms with Crippen molar-refractivity contribution in [2.45, 2.75) is 31.5 Å². The first-order valence-corrected chi connectivity index (χ1v) is 3.81. The molecule has 1 saturated carbocycles. The topological polar surface area (TPSA) is 21.3 Å². The second-order valence-electron chi connectivity index (χ2n) is 2.95. The molecule has 1 saturated heterocycles. The van der Waals surface area contributed by atoms with Crippen molar-refractivity contribution in [1.29, 1.82) is 0 Å². The van der Waals surface area contributed by atoms with E-state index < -0.39 is 0 Å². The Morgan fingerprint density at radius 1 is 1.11 bits per heavy atom. The molecule has 0 spiro atoms. The fraction of sp³-hybridized carbons (Fsp3) is 1.00. The zero-order valence-corrected chi connectivity index (χ0v) is 5.60. The number of nitrogens with one attached hydrogen (secondary N) is 1. The van der Waals surface area contributed by atoms with E-state index in [1.165, 1.54) is 19.3 Å². The molecule has 1 atom stereocenters. The Morgan fingerprint density at radius 3 is 2.56 bits per heavy atom. The van der Waals surface area contributed by atoms with Gasteiger partial charge in [-0.25, -0.2) is 0 Å². The molecule has 2 aliphatic rings. The van der Waals surface area contributed by atoms with E-state index in [4.69, 9.17) is 4.74 Å². The van der Waals surface area contributed by atoms with Gasteiger partial charge in [-0.2, -0.15) is 0 Å². The molecule has 0 aromatic carbocycles. The van der Waals surface area contributed by atoms with Crippen LogP contribution in [0.4, 0.5) is 0 Å². The van der Waals surface area contributed by atoms with E-state index in [1.807, 2.05) is 0 Å². The van der Waals surface area contributed by atoms with Crippen LogP contribution in [0.2, 0.25) is 0 Å². The number of rotatable bonds is 2. The van der Waals surface area contributed by atoms with E-state index in [2.05, 4.69) is 5.32 Å². The third-order valence-electron chi connectivity index (χ3n) is 1.92. The van der Waals surface area contributed by atoms with Crippen LogP contribution in [0.25, 0.3) is 0 Å². The van der Waals surface area contributed by atoms with Gasteiger partial charge >= 0.3 is 0 Å². The summed E-state index contributed by atoms with van der Waals surface area (Å²) in [6.45, 7) is 2.23. The molecule has 1 heterocycles. The van der Waals surface area contributed by atoms with Crippen LogP contribution in [0.1, 0.15) is 19.3 Å². The summed E-state index contributed by atoms with van der Waals surface area (Å²) < 4.78 is 5.66. The van der Waals surface area contributed by atoms with Crippen LogP contribution in [-0.2, 0) is 4.74 Å². The summed E-state index contributed by atoms with van der Waals surface area (Å²) in [7, 11) is 0. The van der Waals surface area contributed by atoms with Crippen molar-refractivity contribution in [3.8, 4) is 0 Å². The van der Waals surface area contributed by atoms with Crippen molar-refractivity contribution in [2.75, 3.05) is 13.1 Å². The summed E-state index contributed by atoms with van der Waals surface area (Å²) in [6.07, 6.45) is 5.00. The first kappa shape index (κ1) is 5.69.